The van der Waals surface area contributed by atoms with Gasteiger partial charge in [-0.3, -0.25) is 0 Å². The number of anilines is 1. The molecule has 0 unspecified atom stereocenters. The van der Waals surface area contributed by atoms with Crippen LogP contribution in [-0.4, -0.2) is 0 Å². The van der Waals surface area contributed by atoms with E-state index in [1.807, 2.05) is 12.3 Å². The van der Waals surface area contributed by atoms with Gasteiger partial charge in [0.15, 0.2) is 0 Å². The Morgan fingerprint density at radius 1 is 0.750 bits per heavy atom. The summed E-state index contributed by atoms with van der Waals surface area (Å²) >= 11 is 0. The molecule has 36 heavy (non-hydrogen) atoms. The van der Waals surface area contributed by atoms with E-state index in [1.54, 1.807) is 0 Å². The van der Waals surface area contributed by atoms with Gasteiger partial charge in [-0.15, -0.1) is 0 Å². The van der Waals surface area contributed by atoms with E-state index in [0.717, 1.165) is 12.1 Å². The zero-order valence-electron chi connectivity index (χ0n) is 21.3. The fraction of sp³-hybridized carbons (Fsp3) is 0.143. The molecule has 0 heterocycles. The summed E-state index contributed by atoms with van der Waals surface area (Å²) in [4.78, 5) is 0. The molecule has 0 radical (unpaired) electrons. The Kier molecular flexibility index (Phi) is 6.73. The average Bonchev–Trinajstić information content (AvgIpc) is 3.15. The monoisotopic (exact) mass is 467 g/mol. The van der Waals surface area contributed by atoms with E-state index in [4.69, 9.17) is 0 Å². The highest BCUT2D eigenvalue weighted by Crippen LogP contribution is 2.48. The second-order valence-corrected chi connectivity index (χ2v) is 9.85. The molecular formula is C35H33N. The van der Waals surface area contributed by atoms with Crippen LogP contribution in [0.4, 0.5) is 5.69 Å². The third kappa shape index (κ3) is 4.83. The van der Waals surface area contributed by atoms with Gasteiger partial charge in [-0.05, 0) is 69.1 Å². The first-order valence-electron chi connectivity index (χ1n) is 12.8. The highest BCUT2D eigenvalue weighted by atomic mass is 14.8. The molecule has 0 fully saturated rings. The van der Waals surface area contributed by atoms with Crippen LogP contribution in [0.25, 0.3) is 28.3 Å². The lowest BCUT2D eigenvalue weighted by Gasteiger charge is -2.21. The van der Waals surface area contributed by atoms with Gasteiger partial charge in [-0.25, -0.2) is 0 Å². The van der Waals surface area contributed by atoms with Crippen LogP contribution in [0.5, 0.6) is 0 Å². The second-order valence-electron chi connectivity index (χ2n) is 9.85. The van der Waals surface area contributed by atoms with Crippen LogP contribution in [0.2, 0.25) is 0 Å². The van der Waals surface area contributed by atoms with Crippen LogP contribution in [0.3, 0.4) is 0 Å². The molecule has 0 spiro atoms. The van der Waals surface area contributed by atoms with Crippen LogP contribution < -0.4 is 5.32 Å². The Bertz CT molecular complexity index is 1430. The fourth-order valence-electron chi connectivity index (χ4n) is 5.03. The van der Waals surface area contributed by atoms with Gasteiger partial charge in [0, 0.05) is 17.3 Å². The molecule has 0 saturated heterocycles. The Labute approximate surface area is 215 Å². The number of fused-ring (bicyclic) bond motifs is 3. The smallest absolute Gasteiger partial charge is 0.0380 e. The van der Waals surface area contributed by atoms with E-state index in [0.29, 0.717) is 0 Å². The molecule has 0 aromatic heterocycles. The molecule has 1 nitrogen and oxygen atoms in total. The minimum Gasteiger partial charge on any atom is -0.362 e. The van der Waals surface area contributed by atoms with Crippen molar-refractivity contribution in [1.29, 1.82) is 0 Å². The normalized spacial score (nSPS) is 14.2. The van der Waals surface area contributed by atoms with Gasteiger partial charge >= 0.3 is 0 Å². The molecule has 0 bridgehead atoms. The number of nitrogens with one attached hydrogen (secondary N) is 1. The summed E-state index contributed by atoms with van der Waals surface area (Å²) in [6.07, 6.45) is 11.7. The Hall–Kier alpha value is -4.10. The molecule has 1 heteroatoms. The van der Waals surface area contributed by atoms with Crippen molar-refractivity contribution in [3.05, 3.63) is 144 Å². The first-order chi connectivity index (χ1) is 17.6. The zero-order valence-corrected chi connectivity index (χ0v) is 21.3. The molecule has 4 aromatic carbocycles. The lowest BCUT2D eigenvalue weighted by Crippen LogP contribution is -2.14. The molecular weight excluding hydrogens is 434 g/mol. The Morgan fingerprint density at radius 3 is 2.22 bits per heavy atom. The van der Waals surface area contributed by atoms with E-state index >= 15 is 0 Å². The van der Waals surface area contributed by atoms with E-state index in [2.05, 4.69) is 141 Å². The van der Waals surface area contributed by atoms with Crippen LogP contribution >= 0.6 is 0 Å². The molecule has 4 aromatic rings. The molecule has 0 amide bonds. The predicted octanol–water partition coefficient (Wildman–Crippen LogP) is 9.64. The van der Waals surface area contributed by atoms with Crippen molar-refractivity contribution in [2.75, 3.05) is 5.32 Å². The minimum absolute atomic E-state index is 0.0346. The van der Waals surface area contributed by atoms with Gasteiger partial charge in [-0.1, -0.05) is 124 Å². The first-order valence-corrected chi connectivity index (χ1v) is 12.8. The van der Waals surface area contributed by atoms with Crippen LogP contribution in [0, 0.1) is 0 Å². The molecule has 1 N–H and O–H groups in total. The quantitative estimate of drug-likeness (QED) is 0.267. The summed E-state index contributed by atoms with van der Waals surface area (Å²) in [6.45, 7) is 6.85. The third-order valence-corrected chi connectivity index (χ3v) is 7.15. The fourth-order valence-corrected chi connectivity index (χ4v) is 5.03. The molecule has 1 aliphatic carbocycles. The van der Waals surface area contributed by atoms with Gasteiger partial charge in [0.1, 0.15) is 0 Å². The maximum atomic E-state index is 3.37. The second kappa shape index (κ2) is 10.3. The van der Waals surface area contributed by atoms with E-state index in [1.165, 1.54) is 44.5 Å². The highest BCUT2D eigenvalue weighted by Gasteiger charge is 2.34. The molecule has 5 rings (SSSR count). The number of benzene rings is 4. The lowest BCUT2D eigenvalue weighted by molar-refractivity contribution is 0.660. The lowest BCUT2D eigenvalue weighted by atomic mass is 9.82. The van der Waals surface area contributed by atoms with E-state index < -0.39 is 0 Å². The van der Waals surface area contributed by atoms with E-state index in [-0.39, 0.29) is 5.41 Å². The summed E-state index contributed by atoms with van der Waals surface area (Å²) in [5.41, 5.74) is 11.7. The van der Waals surface area contributed by atoms with Gasteiger partial charge in [0.25, 0.3) is 0 Å². The van der Waals surface area contributed by atoms with Crippen molar-refractivity contribution in [1.82, 2.24) is 0 Å². The topological polar surface area (TPSA) is 12.0 Å². The van der Waals surface area contributed by atoms with Gasteiger partial charge in [0.05, 0.1) is 0 Å². The Balaban J connectivity index is 1.25. The van der Waals surface area contributed by atoms with E-state index in [9.17, 15) is 0 Å². The number of allylic oxidation sites excluding steroid dienone is 4. The maximum Gasteiger partial charge on any atom is 0.0380 e. The molecule has 1 aliphatic rings. The van der Waals surface area contributed by atoms with Crippen molar-refractivity contribution in [3.63, 3.8) is 0 Å². The largest absolute Gasteiger partial charge is 0.362 e. The number of rotatable bonds is 7. The third-order valence-electron chi connectivity index (χ3n) is 7.15. The average molecular weight is 468 g/mol. The molecule has 0 saturated carbocycles. The van der Waals surface area contributed by atoms with Gasteiger partial charge in [0.2, 0.25) is 0 Å². The predicted molar refractivity (Wildman–Crippen MR) is 156 cm³/mol. The summed E-state index contributed by atoms with van der Waals surface area (Å²) in [5.74, 6) is 0. The number of hydrogen-bond acceptors (Lipinski definition) is 1. The number of hydrogen-bond donors (Lipinski definition) is 1. The summed E-state index contributed by atoms with van der Waals surface area (Å²) in [5, 5.41) is 3.37. The zero-order chi connectivity index (χ0) is 25.0. The van der Waals surface area contributed by atoms with Gasteiger partial charge in [-0.2, -0.15) is 0 Å². The standard InChI is InChI=1S/C35H33N/c1-4-26(11-10-24-36-30-21-19-29(20-22-30)28-12-6-5-7-13-28)16-17-27-18-23-32-31-14-8-9-15-33(31)35(2,3)34(32)25-27/h5-25,36H,4H2,1-3H3/b17-16-,24-10+,26-11-. The van der Waals surface area contributed by atoms with Crippen molar-refractivity contribution in [3.8, 4) is 22.3 Å². The van der Waals surface area contributed by atoms with Crippen molar-refractivity contribution in [2.24, 2.45) is 0 Å². The van der Waals surface area contributed by atoms with Crippen molar-refractivity contribution >= 4 is 11.8 Å². The molecule has 0 atom stereocenters. The minimum atomic E-state index is 0.0346. The summed E-state index contributed by atoms with van der Waals surface area (Å²) in [7, 11) is 0. The maximum absolute atomic E-state index is 3.37. The molecule has 178 valence electrons. The van der Waals surface area contributed by atoms with Crippen molar-refractivity contribution < 1.29 is 0 Å². The van der Waals surface area contributed by atoms with Gasteiger partial charge < -0.3 is 5.32 Å². The van der Waals surface area contributed by atoms with Crippen LogP contribution in [0.1, 0.15) is 43.9 Å². The first kappa shape index (κ1) is 23.6. The SMILES string of the molecule is CCC(/C=C\c1ccc2c(c1)C(C)(C)c1ccccc1-2)=C/C=C/Nc1ccc(-c2ccccc2)cc1. The van der Waals surface area contributed by atoms with Crippen LogP contribution in [0.15, 0.2) is 127 Å². The summed E-state index contributed by atoms with van der Waals surface area (Å²) in [6, 6.07) is 34.7. The van der Waals surface area contributed by atoms with Crippen molar-refractivity contribution in [2.45, 2.75) is 32.6 Å². The molecule has 0 aliphatic heterocycles. The Morgan fingerprint density at radius 2 is 1.44 bits per heavy atom. The van der Waals surface area contributed by atoms with Crippen LogP contribution in [-0.2, 0) is 5.41 Å². The summed E-state index contributed by atoms with van der Waals surface area (Å²) < 4.78 is 0. The highest BCUT2D eigenvalue weighted by molar-refractivity contribution is 5.81.